The van der Waals surface area contributed by atoms with E-state index in [9.17, 15) is 17.2 Å². The maximum absolute atomic E-state index is 13.6. The molecule has 3 aromatic rings. The number of hydrogen-bond donors (Lipinski definition) is 0. The van der Waals surface area contributed by atoms with Crippen LogP contribution in [-0.4, -0.2) is 42.5 Å². The molecule has 3 heterocycles. The quantitative estimate of drug-likeness (QED) is 0.475. The Kier molecular flexibility index (Phi) is 6.63. The summed E-state index contributed by atoms with van der Waals surface area (Å²) in [6, 6.07) is 11.4. The van der Waals surface area contributed by atoms with Gasteiger partial charge >= 0.3 is 0 Å². The Balaban J connectivity index is 1.45. The number of aromatic nitrogens is 2. The van der Waals surface area contributed by atoms with Crippen LogP contribution >= 0.6 is 11.5 Å². The highest BCUT2D eigenvalue weighted by atomic mass is 32.2. The van der Waals surface area contributed by atoms with Gasteiger partial charge in [0.25, 0.3) is 0 Å². The molecular formula is C24H25F2N3O3S2. The van der Waals surface area contributed by atoms with Gasteiger partial charge < -0.3 is 4.74 Å². The molecule has 0 amide bonds. The number of rotatable bonds is 6. The fourth-order valence-electron chi connectivity index (χ4n) is 4.98. The van der Waals surface area contributed by atoms with Crippen LogP contribution in [0.2, 0.25) is 0 Å². The molecular weight excluding hydrogens is 480 g/mol. The van der Waals surface area contributed by atoms with Crippen molar-refractivity contribution in [1.82, 2.24) is 14.3 Å². The molecule has 2 aliphatic rings. The largest absolute Gasteiger partial charge is 0.493 e. The Labute approximate surface area is 201 Å². The number of ether oxygens (including phenoxy) is 1. The van der Waals surface area contributed by atoms with E-state index in [2.05, 4.69) is 14.3 Å². The molecule has 6 nitrogen and oxygen atoms in total. The molecule has 2 aromatic carbocycles. The van der Waals surface area contributed by atoms with E-state index in [-0.39, 0.29) is 41.1 Å². The maximum Gasteiger partial charge on any atom is 0.185 e. The molecule has 0 spiro atoms. The number of sulfone groups is 1. The third kappa shape index (κ3) is 4.71. The van der Waals surface area contributed by atoms with Crippen LogP contribution in [0.25, 0.3) is 0 Å². The molecule has 1 fully saturated rings. The van der Waals surface area contributed by atoms with Gasteiger partial charge in [0.2, 0.25) is 0 Å². The molecule has 1 saturated heterocycles. The van der Waals surface area contributed by atoms with Gasteiger partial charge in [-0.05, 0) is 66.7 Å². The van der Waals surface area contributed by atoms with Gasteiger partial charge in [-0.1, -0.05) is 18.2 Å². The van der Waals surface area contributed by atoms with Gasteiger partial charge in [0.15, 0.2) is 9.84 Å². The van der Waals surface area contributed by atoms with Gasteiger partial charge in [-0.15, -0.1) is 0 Å². The average molecular weight is 506 g/mol. The van der Waals surface area contributed by atoms with Crippen LogP contribution in [-0.2, 0) is 15.6 Å². The van der Waals surface area contributed by atoms with E-state index >= 15 is 0 Å². The van der Waals surface area contributed by atoms with Crippen molar-refractivity contribution >= 4 is 21.4 Å². The number of benzene rings is 2. The molecule has 0 N–H and O–H groups in total. The van der Waals surface area contributed by atoms with Crippen molar-refractivity contribution < 1.29 is 21.9 Å². The van der Waals surface area contributed by atoms with Gasteiger partial charge in [0.05, 0.1) is 18.2 Å². The van der Waals surface area contributed by atoms with E-state index in [1.54, 1.807) is 24.3 Å². The molecule has 0 bridgehead atoms. The molecule has 10 heteroatoms. The molecule has 2 aliphatic heterocycles. The second kappa shape index (κ2) is 9.67. The molecule has 180 valence electrons. The first-order chi connectivity index (χ1) is 16.4. The van der Waals surface area contributed by atoms with Crippen molar-refractivity contribution in [1.29, 1.82) is 0 Å². The van der Waals surface area contributed by atoms with Crippen molar-refractivity contribution in [3.63, 3.8) is 0 Å². The van der Waals surface area contributed by atoms with Crippen molar-refractivity contribution in [2.24, 2.45) is 5.92 Å². The maximum atomic E-state index is 13.6. The number of hydrogen-bond acceptors (Lipinski definition) is 7. The number of likely N-dealkylation sites (tertiary alicyclic amines) is 1. The van der Waals surface area contributed by atoms with Crippen LogP contribution < -0.4 is 4.74 Å². The predicted molar refractivity (Wildman–Crippen MR) is 125 cm³/mol. The topological polar surface area (TPSA) is 72.4 Å². The number of nitrogens with zero attached hydrogens (tertiary/aromatic N) is 3. The lowest BCUT2D eigenvalue weighted by atomic mass is 9.85. The minimum atomic E-state index is -3.59. The van der Waals surface area contributed by atoms with Crippen molar-refractivity contribution in [3.05, 3.63) is 70.7 Å². The van der Waals surface area contributed by atoms with Gasteiger partial charge in [0.1, 0.15) is 28.7 Å². The molecule has 1 aromatic heterocycles. The van der Waals surface area contributed by atoms with Crippen LogP contribution in [0, 0.1) is 11.7 Å². The van der Waals surface area contributed by atoms with Crippen molar-refractivity contribution in [2.75, 3.05) is 19.8 Å². The van der Waals surface area contributed by atoms with Crippen LogP contribution in [0.5, 0.6) is 5.75 Å². The lowest BCUT2D eigenvalue weighted by molar-refractivity contribution is 0.0394. The van der Waals surface area contributed by atoms with E-state index in [0.717, 1.165) is 35.5 Å². The highest BCUT2D eigenvalue weighted by molar-refractivity contribution is 7.90. The first-order valence-corrected chi connectivity index (χ1v) is 13.7. The number of alkyl halides is 1. The number of halogens is 2. The van der Waals surface area contributed by atoms with E-state index in [0.29, 0.717) is 30.3 Å². The fourth-order valence-corrected chi connectivity index (χ4v) is 7.09. The molecule has 3 atom stereocenters. The second-order valence-electron chi connectivity index (χ2n) is 8.80. The third-order valence-corrected chi connectivity index (χ3v) is 9.17. The summed E-state index contributed by atoms with van der Waals surface area (Å²) in [4.78, 5) is 6.52. The highest BCUT2D eigenvalue weighted by Crippen LogP contribution is 2.45. The Hall–Kier alpha value is -2.43. The zero-order valence-corrected chi connectivity index (χ0v) is 20.1. The Morgan fingerprint density at radius 3 is 2.68 bits per heavy atom. The number of piperidine rings is 1. The smallest absolute Gasteiger partial charge is 0.185 e. The summed E-state index contributed by atoms with van der Waals surface area (Å²) in [6.07, 6.45) is 3.49. The zero-order valence-electron chi connectivity index (χ0n) is 18.4. The number of fused-ring (bicyclic) bond motifs is 1. The van der Waals surface area contributed by atoms with Gasteiger partial charge in [-0.3, -0.25) is 9.29 Å². The predicted octanol–water partition coefficient (Wildman–Crippen LogP) is 4.90. The molecule has 0 aliphatic carbocycles. The SMILES string of the molecule is O=S(=O)(Cc1ncns1)c1ccc2c(c1)OCC[C@H]2N1CC[C@H](CF)C[C@@H]1c1ccc(F)cc1. The van der Waals surface area contributed by atoms with E-state index in [4.69, 9.17) is 4.74 Å². The highest BCUT2D eigenvalue weighted by Gasteiger charge is 2.37. The molecule has 0 saturated carbocycles. The lowest BCUT2D eigenvalue weighted by Crippen LogP contribution is -2.41. The minimum absolute atomic E-state index is 0.000666. The summed E-state index contributed by atoms with van der Waals surface area (Å²) in [5.74, 6) is 0.0221. The Morgan fingerprint density at radius 2 is 1.94 bits per heavy atom. The van der Waals surface area contributed by atoms with Gasteiger partial charge in [-0.2, -0.15) is 4.37 Å². The van der Waals surface area contributed by atoms with Crippen LogP contribution in [0.3, 0.4) is 0 Å². The zero-order chi connectivity index (χ0) is 23.7. The van der Waals surface area contributed by atoms with E-state index in [1.807, 2.05) is 6.07 Å². The van der Waals surface area contributed by atoms with Crippen molar-refractivity contribution in [3.8, 4) is 5.75 Å². The van der Waals surface area contributed by atoms with Crippen LogP contribution in [0.1, 0.15) is 47.5 Å². The third-order valence-electron chi connectivity index (χ3n) is 6.70. The average Bonchev–Trinajstić information content (AvgIpc) is 3.36. The Morgan fingerprint density at radius 1 is 1.12 bits per heavy atom. The minimum Gasteiger partial charge on any atom is -0.493 e. The Bertz CT molecular complexity index is 1240. The summed E-state index contributed by atoms with van der Waals surface area (Å²) in [6.45, 7) is 0.792. The van der Waals surface area contributed by atoms with Gasteiger partial charge in [0, 0.05) is 24.1 Å². The summed E-state index contributed by atoms with van der Waals surface area (Å²) < 4.78 is 62.7. The molecule has 0 radical (unpaired) electrons. The molecule has 34 heavy (non-hydrogen) atoms. The van der Waals surface area contributed by atoms with Crippen molar-refractivity contribution in [2.45, 2.75) is 42.0 Å². The first kappa shape index (κ1) is 23.3. The van der Waals surface area contributed by atoms with Gasteiger partial charge in [-0.25, -0.2) is 17.8 Å². The second-order valence-corrected chi connectivity index (χ2v) is 11.7. The van der Waals surface area contributed by atoms with Crippen LogP contribution in [0.15, 0.2) is 53.7 Å². The first-order valence-electron chi connectivity index (χ1n) is 11.3. The summed E-state index contributed by atoms with van der Waals surface area (Å²) >= 11 is 1.07. The lowest BCUT2D eigenvalue weighted by Gasteiger charge is -2.45. The summed E-state index contributed by atoms with van der Waals surface area (Å²) in [5, 5.41) is 0.439. The van der Waals surface area contributed by atoms with Crippen LogP contribution in [0.4, 0.5) is 8.78 Å². The molecule has 0 unspecified atom stereocenters. The monoisotopic (exact) mass is 505 g/mol. The standard InChI is InChI=1S/C24H25F2N3O3S2/c25-13-16-7-9-29(22(11-16)17-1-3-18(26)4-2-17)21-8-10-32-23-12-19(5-6-20(21)23)34(30,31)14-24-27-15-28-33-24/h1-6,12,15-16,21-22H,7-11,13-14H2/t16-,21+,22+/m0/s1. The van der Waals surface area contributed by atoms with E-state index in [1.165, 1.54) is 18.5 Å². The summed E-state index contributed by atoms with van der Waals surface area (Å²) in [5.41, 5.74) is 1.88. The van der Waals surface area contributed by atoms with E-state index < -0.39 is 9.84 Å². The fraction of sp³-hybridized carbons (Fsp3) is 0.417. The molecule has 5 rings (SSSR count). The normalized spacial score (nSPS) is 23.3. The summed E-state index contributed by atoms with van der Waals surface area (Å²) in [7, 11) is -3.59.